The summed E-state index contributed by atoms with van der Waals surface area (Å²) in [5.41, 5.74) is 2.42. The van der Waals surface area contributed by atoms with Crippen molar-refractivity contribution in [2.24, 2.45) is 0 Å². The van der Waals surface area contributed by atoms with E-state index < -0.39 is 0 Å². The summed E-state index contributed by atoms with van der Waals surface area (Å²) in [5.74, 6) is 0.865. The fourth-order valence-electron chi connectivity index (χ4n) is 4.12. The van der Waals surface area contributed by atoms with Crippen LogP contribution in [0.15, 0.2) is 72.1 Å². The number of halogens is 1. The summed E-state index contributed by atoms with van der Waals surface area (Å²) in [6, 6.07) is 22.8. The maximum atomic E-state index is 6.18. The Balaban J connectivity index is 1.43. The Kier molecular flexibility index (Phi) is 5.97. The van der Waals surface area contributed by atoms with Crippen LogP contribution in [-0.2, 0) is 6.54 Å². The average molecular weight is 451 g/mol. The van der Waals surface area contributed by atoms with E-state index in [0.29, 0.717) is 6.54 Å². The van der Waals surface area contributed by atoms with Gasteiger partial charge in [0.1, 0.15) is 0 Å². The molecule has 8 heteroatoms. The second-order valence-electron chi connectivity index (χ2n) is 7.59. The van der Waals surface area contributed by atoms with E-state index in [-0.39, 0.29) is 6.04 Å². The van der Waals surface area contributed by atoms with Gasteiger partial charge in [-0.1, -0.05) is 48.0 Å². The van der Waals surface area contributed by atoms with Gasteiger partial charge in [-0.3, -0.25) is 4.90 Å². The van der Waals surface area contributed by atoms with E-state index in [1.54, 1.807) is 11.3 Å². The molecule has 158 valence electrons. The predicted molar refractivity (Wildman–Crippen MR) is 125 cm³/mol. The van der Waals surface area contributed by atoms with Crippen LogP contribution >= 0.6 is 22.9 Å². The van der Waals surface area contributed by atoms with Crippen molar-refractivity contribution in [2.45, 2.75) is 12.6 Å². The van der Waals surface area contributed by atoms with Crippen LogP contribution < -0.4 is 4.90 Å². The molecule has 0 unspecified atom stereocenters. The molecule has 3 heterocycles. The number of anilines is 1. The molecule has 0 bridgehead atoms. The highest BCUT2D eigenvalue weighted by molar-refractivity contribution is 7.09. The van der Waals surface area contributed by atoms with Gasteiger partial charge in [-0.15, -0.1) is 16.4 Å². The van der Waals surface area contributed by atoms with Crippen LogP contribution in [0.5, 0.6) is 0 Å². The molecule has 0 amide bonds. The van der Waals surface area contributed by atoms with Crippen LogP contribution in [0.4, 0.5) is 5.69 Å². The predicted octanol–water partition coefficient (Wildman–Crippen LogP) is 4.35. The number of rotatable bonds is 6. The van der Waals surface area contributed by atoms with Gasteiger partial charge in [0.05, 0.1) is 12.6 Å². The van der Waals surface area contributed by atoms with E-state index in [0.717, 1.165) is 42.6 Å². The summed E-state index contributed by atoms with van der Waals surface area (Å²) in [7, 11) is 0. The van der Waals surface area contributed by atoms with Crippen molar-refractivity contribution in [1.29, 1.82) is 0 Å². The highest BCUT2D eigenvalue weighted by Crippen LogP contribution is 2.30. The molecule has 1 fully saturated rings. The number of thiophene rings is 1. The molecule has 4 aromatic rings. The molecule has 0 aliphatic carbocycles. The summed E-state index contributed by atoms with van der Waals surface area (Å²) < 4.78 is 1.93. The zero-order valence-electron chi connectivity index (χ0n) is 17.0. The molecule has 31 heavy (non-hydrogen) atoms. The molecule has 2 aromatic carbocycles. The lowest BCUT2D eigenvalue weighted by Crippen LogP contribution is -2.48. The Morgan fingerprint density at radius 3 is 2.39 bits per heavy atom. The first-order valence-corrected chi connectivity index (χ1v) is 11.6. The van der Waals surface area contributed by atoms with Crippen molar-refractivity contribution in [2.75, 3.05) is 31.1 Å². The summed E-state index contributed by atoms with van der Waals surface area (Å²) in [5, 5.41) is 15.6. The number of nitrogens with zero attached hydrogens (tertiary/aromatic N) is 6. The topological polar surface area (TPSA) is 50.1 Å². The number of tetrazole rings is 1. The van der Waals surface area contributed by atoms with E-state index in [9.17, 15) is 0 Å². The lowest BCUT2D eigenvalue weighted by Gasteiger charge is -2.39. The maximum Gasteiger partial charge on any atom is 0.173 e. The van der Waals surface area contributed by atoms with Crippen LogP contribution in [0.3, 0.4) is 0 Å². The van der Waals surface area contributed by atoms with Gasteiger partial charge in [-0.05, 0) is 51.7 Å². The molecular weight excluding hydrogens is 428 g/mol. The van der Waals surface area contributed by atoms with Gasteiger partial charge in [-0.25, -0.2) is 4.68 Å². The van der Waals surface area contributed by atoms with Crippen molar-refractivity contribution < 1.29 is 0 Å². The minimum absolute atomic E-state index is 0.0230. The summed E-state index contributed by atoms with van der Waals surface area (Å²) >= 11 is 7.89. The molecule has 6 nitrogen and oxygen atoms in total. The lowest BCUT2D eigenvalue weighted by molar-refractivity contribution is 0.201. The normalized spacial score (nSPS) is 15.8. The molecule has 2 aromatic heterocycles. The number of hydrogen-bond donors (Lipinski definition) is 0. The maximum absolute atomic E-state index is 6.18. The van der Waals surface area contributed by atoms with Gasteiger partial charge in [0.15, 0.2) is 5.82 Å². The molecule has 1 aliphatic rings. The number of aromatic nitrogens is 4. The van der Waals surface area contributed by atoms with E-state index in [1.165, 1.54) is 10.6 Å². The smallest absolute Gasteiger partial charge is 0.173 e. The fraction of sp³-hybridized carbons (Fsp3) is 0.261. The Labute approximate surface area is 190 Å². The summed E-state index contributed by atoms with van der Waals surface area (Å²) in [6.07, 6.45) is 0. The number of piperazine rings is 1. The zero-order chi connectivity index (χ0) is 21.0. The summed E-state index contributed by atoms with van der Waals surface area (Å²) in [6.45, 7) is 4.44. The summed E-state index contributed by atoms with van der Waals surface area (Å²) in [4.78, 5) is 6.14. The molecule has 0 saturated carbocycles. The van der Waals surface area contributed by atoms with E-state index in [1.807, 2.05) is 16.8 Å². The van der Waals surface area contributed by atoms with Crippen LogP contribution in [0.25, 0.3) is 0 Å². The van der Waals surface area contributed by atoms with Gasteiger partial charge >= 0.3 is 0 Å². The SMILES string of the molecule is Clc1ccc([C@@H](c2nnnn2Cc2cccs2)N2CCN(c3ccccc3)CC2)cc1. The van der Waals surface area contributed by atoms with Crippen LogP contribution in [0, 0.1) is 0 Å². The molecular formula is C23H23ClN6S. The Morgan fingerprint density at radius 1 is 0.903 bits per heavy atom. The Morgan fingerprint density at radius 2 is 1.68 bits per heavy atom. The number of hydrogen-bond acceptors (Lipinski definition) is 6. The molecule has 5 rings (SSSR count). The van der Waals surface area contributed by atoms with Gasteiger partial charge in [-0.2, -0.15) is 0 Å². The molecule has 0 radical (unpaired) electrons. The minimum atomic E-state index is -0.0230. The lowest BCUT2D eigenvalue weighted by atomic mass is 10.0. The Hall–Kier alpha value is -2.74. The zero-order valence-corrected chi connectivity index (χ0v) is 18.6. The van der Waals surface area contributed by atoms with Crippen LogP contribution in [0.2, 0.25) is 5.02 Å². The van der Waals surface area contributed by atoms with Gasteiger partial charge in [0, 0.05) is 41.8 Å². The number of para-hydroxylation sites is 1. The first kappa shape index (κ1) is 20.2. The van der Waals surface area contributed by atoms with Crippen molar-refractivity contribution in [3.8, 4) is 0 Å². The second kappa shape index (κ2) is 9.18. The molecule has 0 N–H and O–H groups in total. The van der Waals surface area contributed by atoms with Gasteiger partial charge in [0.25, 0.3) is 0 Å². The molecule has 1 saturated heterocycles. The first-order chi connectivity index (χ1) is 15.3. The van der Waals surface area contributed by atoms with E-state index >= 15 is 0 Å². The fourth-order valence-corrected chi connectivity index (χ4v) is 4.93. The van der Waals surface area contributed by atoms with Crippen molar-refractivity contribution in [3.63, 3.8) is 0 Å². The highest BCUT2D eigenvalue weighted by atomic mass is 35.5. The average Bonchev–Trinajstić information content (AvgIpc) is 3.49. The quantitative estimate of drug-likeness (QED) is 0.437. The van der Waals surface area contributed by atoms with E-state index in [4.69, 9.17) is 11.6 Å². The van der Waals surface area contributed by atoms with Crippen molar-refractivity contribution >= 4 is 28.6 Å². The largest absolute Gasteiger partial charge is 0.369 e. The number of benzene rings is 2. The monoisotopic (exact) mass is 450 g/mol. The minimum Gasteiger partial charge on any atom is -0.369 e. The van der Waals surface area contributed by atoms with Crippen LogP contribution in [0.1, 0.15) is 22.3 Å². The van der Waals surface area contributed by atoms with Gasteiger partial charge in [0.2, 0.25) is 0 Å². The van der Waals surface area contributed by atoms with Crippen molar-refractivity contribution in [1.82, 2.24) is 25.1 Å². The Bertz CT molecular complexity index is 1090. The third-order valence-electron chi connectivity index (χ3n) is 5.68. The van der Waals surface area contributed by atoms with Gasteiger partial charge < -0.3 is 4.90 Å². The molecule has 0 spiro atoms. The third kappa shape index (κ3) is 4.49. The van der Waals surface area contributed by atoms with Crippen LogP contribution in [-0.4, -0.2) is 51.3 Å². The van der Waals surface area contributed by atoms with Crippen molar-refractivity contribution in [3.05, 3.63) is 93.4 Å². The molecule has 1 aliphatic heterocycles. The standard InChI is InChI=1S/C23H23ClN6S/c24-19-10-8-18(9-11-19)22(23-25-26-27-30(23)17-21-7-4-16-31-21)29-14-12-28(13-15-29)20-5-2-1-3-6-20/h1-11,16,22H,12-15,17H2/t22-/m0/s1. The third-order valence-corrected chi connectivity index (χ3v) is 6.79. The highest BCUT2D eigenvalue weighted by Gasteiger charge is 2.30. The second-order valence-corrected chi connectivity index (χ2v) is 9.06. The van der Waals surface area contributed by atoms with E-state index in [2.05, 4.69) is 85.3 Å². The molecule has 1 atom stereocenters. The first-order valence-electron chi connectivity index (χ1n) is 10.4.